The number of aliphatic carboxylic acids is 1. The number of hydrogen-bond donors (Lipinski definition) is 2. The number of piperazine rings is 1. The van der Waals surface area contributed by atoms with Crippen molar-refractivity contribution in [3.8, 4) is 0 Å². The van der Waals surface area contributed by atoms with Crippen LogP contribution in [0.3, 0.4) is 0 Å². The summed E-state index contributed by atoms with van der Waals surface area (Å²) >= 11 is 0. The summed E-state index contributed by atoms with van der Waals surface area (Å²) in [7, 11) is 0. The molecule has 0 aliphatic carbocycles. The molecule has 0 atom stereocenters. The van der Waals surface area contributed by atoms with Crippen LogP contribution < -0.4 is 5.73 Å². The molecule has 0 bridgehead atoms. The van der Waals surface area contributed by atoms with Crippen molar-refractivity contribution in [3.63, 3.8) is 0 Å². The lowest BCUT2D eigenvalue weighted by Gasteiger charge is -2.36. The minimum Gasteiger partial charge on any atom is -0.480 e. The third-order valence-corrected chi connectivity index (χ3v) is 3.00. The van der Waals surface area contributed by atoms with Gasteiger partial charge < -0.3 is 20.6 Å². The number of carboxylic acids is 1. The van der Waals surface area contributed by atoms with E-state index in [0.29, 0.717) is 32.7 Å². The Morgan fingerprint density at radius 3 is 2.21 bits per heavy atom. The van der Waals surface area contributed by atoms with E-state index in [0.717, 1.165) is 0 Å². The van der Waals surface area contributed by atoms with Crippen molar-refractivity contribution in [2.24, 2.45) is 5.73 Å². The van der Waals surface area contributed by atoms with Crippen molar-refractivity contribution in [3.05, 3.63) is 0 Å². The number of carbonyl (C=O) groups excluding carboxylic acids is 2. The van der Waals surface area contributed by atoms with Crippen LogP contribution in [-0.2, 0) is 9.59 Å². The molecule has 8 heteroatoms. The van der Waals surface area contributed by atoms with Crippen LogP contribution in [0.1, 0.15) is 6.92 Å². The van der Waals surface area contributed by atoms with Gasteiger partial charge in [-0.25, -0.2) is 4.79 Å². The Morgan fingerprint density at radius 1 is 1.21 bits per heavy atom. The van der Waals surface area contributed by atoms with Gasteiger partial charge in [-0.3, -0.25) is 14.5 Å². The van der Waals surface area contributed by atoms with Crippen molar-refractivity contribution in [2.75, 3.05) is 45.8 Å². The molecule has 0 spiro atoms. The minimum atomic E-state index is -0.872. The van der Waals surface area contributed by atoms with Gasteiger partial charge in [-0.05, 0) is 6.92 Å². The van der Waals surface area contributed by atoms with Crippen molar-refractivity contribution >= 4 is 17.9 Å². The molecule has 3 amide bonds. The second-order valence-electron chi connectivity index (χ2n) is 4.42. The molecule has 108 valence electrons. The molecule has 8 nitrogen and oxygen atoms in total. The van der Waals surface area contributed by atoms with Crippen molar-refractivity contribution < 1.29 is 19.5 Å². The summed E-state index contributed by atoms with van der Waals surface area (Å²) in [6.07, 6.45) is 0. The number of nitrogens with two attached hydrogens (primary N) is 1. The first kappa shape index (κ1) is 15.2. The molecule has 0 aromatic carbocycles. The maximum Gasteiger partial charge on any atom is 0.320 e. The first-order valence-electron chi connectivity index (χ1n) is 6.20. The lowest BCUT2D eigenvalue weighted by Crippen LogP contribution is -2.54. The topological polar surface area (TPSA) is 107 Å². The number of likely N-dealkylation sites (N-methyl/N-ethyl adjacent to an activating group) is 1. The monoisotopic (exact) mass is 272 g/mol. The standard InChI is InChI=1S/C11H20N4O4/c1-2-14(7-9(12)16)11(19)15-5-3-13(4-6-15)8-10(17)18/h2-8H2,1H3,(H2,12,16)(H,17,18). The summed E-state index contributed by atoms with van der Waals surface area (Å²) in [5, 5.41) is 8.68. The predicted molar refractivity (Wildman–Crippen MR) is 67.5 cm³/mol. The number of rotatable bonds is 5. The van der Waals surface area contributed by atoms with Crippen LogP contribution in [0.5, 0.6) is 0 Å². The lowest BCUT2D eigenvalue weighted by atomic mass is 10.3. The Labute approximate surface area is 111 Å². The van der Waals surface area contributed by atoms with Crippen LogP contribution in [0.15, 0.2) is 0 Å². The Bertz CT molecular complexity index is 353. The minimum absolute atomic E-state index is 0.0131. The molecule has 19 heavy (non-hydrogen) atoms. The number of primary amides is 1. The highest BCUT2D eigenvalue weighted by molar-refractivity contribution is 5.83. The maximum atomic E-state index is 12.1. The molecule has 0 radical (unpaired) electrons. The highest BCUT2D eigenvalue weighted by Crippen LogP contribution is 2.05. The van der Waals surface area contributed by atoms with Gasteiger partial charge in [-0.1, -0.05) is 0 Å². The molecule has 1 aliphatic rings. The average Bonchev–Trinajstić information content (AvgIpc) is 2.35. The average molecular weight is 272 g/mol. The van der Waals surface area contributed by atoms with Gasteiger partial charge in [0.2, 0.25) is 5.91 Å². The molecule has 1 fully saturated rings. The van der Waals surface area contributed by atoms with Crippen molar-refractivity contribution in [1.29, 1.82) is 0 Å². The van der Waals surface area contributed by atoms with Crippen molar-refractivity contribution in [1.82, 2.24) is 14.7 Å². The van der Waals surface area contributed by atoms with E-state index in [1.54, 1.807) is 16.7 Å². The van der Waals surface area contributed by atoms with E-state index in [1.807, 2.05) is 0 Å². The summed E-state index contributed by atoms with van der Waals surface area (Å²) in [4.78, 5) is 38.3. The molecule has 0 saturated carbocycles. The van der Waals surface area contributed by atoms with Crippen LogP contribution in [0.4, 0.5) is 4.79 Å². The Morgan fingerprint density at radius 2 is 1.79 bits per heavy atom. The molecule has 3 N–H and O–H groups in total. The van der Waals surface area contributed by atoms with E-state index in [2.05, 4.69) is 0 Å². The zero-order chi connectivity index (χ0) is 14.4. The van der Waals surface area contributed by atoms with E-state index >= 15 is 0 Å². The van der Waals surface area contributed by atoms with Gasteiger partial charge in [-0.15, -0.1) is 0 Å². The fraction of sp³-hybridized carbons (Fsp3) is 0.727. The fourth-order valence-corrected chi connectivity index (χ4v) is 1.99. The Hall–Kier alpha value is -1.83. The van der Waals surface area contributed by atoms with Crippen molar-refractivity contribution in [2.45, 2.75) is 6.92 Å². The van der Waals surface area contributed by atoms with Crippen LogP contribution in [0, 0.1) is 0 Å². The van der Waals surface area contributed by atoms with Gasteiger partial charge in [0.05, 0.1) is 6.54 Å². The number of carbonyl (C=O) groups is 3. The van der Waals surface area contributed by atoms with Crippen LogP contribution in [-0.4, -0.2) is 83.5 Å². The van der Waals surface area contributed by atoms with E-state index in [1.165, 1.54) is 4.90 Å². The van der Waals surface area contributed by atoms with E-state index in [-0.39, 0.29) is 19.1 Å². The Balaban J connectivity index is 2.47. The number of hydrogen-bond acceptors (Lipinski definition) is 4. The smallest absolute Gasteiger partial charge is 0.320 e. The van der Waals surface area contributed by atoms with Gasteiger partial charge >= 0.3 is 12.0 Å². The first-order chi connectivity index (χ1) is 8.93. The molecule has 1 rings (SSSR count). The van der Waals surface area contributed by atoms with Gasteiger partial charge in [0.1, 0.15) is 6.54 Å². The second-order valence-corrected chi connectivity index (χ2v) is 4.42. The summed E-state index contributed by atoms with van der Waals surface area (Å²) in [5.41, 5.74) is 5.09. The SMILES string of the molecule is CCN(CC(N)=O)C(=O)N1CCN(CC(=O)O)CC1. The van der Waals surface area contributed by atoms with Crippen LogP contribution in [0.2, 0.25) is 0 Å². The summed E-state index contributed by atoms with van der Waals surface area (Å²) in [6, 6.07) is -0.226. The number of amides is 3. The summed E-state index contributed by atoms with van der Waals surface area (Å²) < 4.78 is 0. The normalized spacial score (nSPS) is 16.2. The third-order valence-electron chi connectivity index (χ3n) is 3.00. The number of urea groups is 1. The molecule has 0 aromatic rings. The maximum absolute atomic E-state index is 12.1. The molecular weight excluding hydrogens is 252 g/mol. The Kier molecular flexibility index (Phi) is 5.56. The number of nitrogens with zero attached hydrogens (tertiary/aromatic N) is 3. The van der Waals surface area contributed by atoms with Crippen LogP contribution >= 0.6 is 0 Å². The molecule has 1 aliphatic heterocycles. The van der Waals surface area contributed by atoms with Gasteiger partial charge in [0.25, 0.3) is 0 Å². The van der Waals surface area contributed by atoms with Crippen LogP contribution in [0.25, 0.3) is 0 Å². The zero-order valence-electron chi connectivity index (χ0n) is 11.0. The van der Waals surface area contributed by atoms with E-state index in [9.17, 15) is 14.4 Å². The number of carboxylic acid groups (broad SMARTS) is 1. The summed E-state index contributed by atoms with van der Waals surface area (Å²) in [6.45, 7) is 4.05. The zero-order valence-corrected chi connectivity index (χ0v) is 11.0. The van der Waals surface area contributed by atoms with E-state index in [4.69, 9.17) is 10.8 Å². The summed E-state index contributed by atoms with van der Waals surface area (Å²) in [5.74, 6) is -1.41. The molecule has 0 unspecified atom stereocenters. The van der Waals surface area contributed by atoms with Gasteiger partial charge in [-0.2, -0.15) is 0 Å². The van der Waals surface area contributed by atoms with Gasteiger partial charge in [0.15, 0.2) is 0 Å². The lowest BCUT2D eigenvalue weighted by molar-refractivity contribution is -0.138. The molecule has 1 heterocycles. The highest BCUT2D eigenvalue weighted by Gasteiger charge is 2.25. The molecule has 0 aromatic heterocycles. The second kappa shape index (κ2) is 6.93. The fourth-order valence-electron chi connectivity index (χ4n) is 1.99. The van der Waals surface area contributed by atoms with Gasteiger partial charge in [0, 0.05) is 32.7 Å². The third kappa shape index (κ3) is 4.74. The molecule has 1 saturated heterocycles. The first-order valence-corrected chi connectivity index (χ1v) is 6.20. The predicted octanol–water partition coefficient (Wildman–Crippen LogP) is -1.38. The molecular formula is C11H20N4O4. The quantitative estimate of drug-likeness (QED) is 0.641. The van der Waals surface area contributed by atoms with E-state index < -0.39 is 11.9 Å². The highest BCUT2D eigenvalue weighted by atomic mass is 16.4. The largest absolute Gasteiger partial charge is 0.480 e.